The molecule has 0 unspecified atom stereocenters. The van der Waals surface area contributed by atoms with Crippen molar-refractivity contribution < 1.29 is 35.9 Å². The Balaban J connectivity index is 1.71. The standard InChI is InChI=1S/C25H28F3N5O5S/c1-15-30-9-10-32(15)16-5-6-20(18(11-16)25(26,27)28)39(36,37)17-12-19(21(34)31-24(14-29)7-8-24)33(13-17)22(35)38-23(2,3)4/h5-6,9-11,17,19H,7-8,12-13H2,1-4H3,(H,31,34)/t17-,19+/m1/s1. The van der Waals surface area contributed by atoms with Gasteiger partial charge < -0.3 is 14.6 Å². The first kappa shape index (κ1) is 28.4. The maximum absolute atomic E-state index is 14.1. The summed E-state index contributed by atoms with van der Waals surface area (Å²) in [7, 11) is -4.70. The average molecular weight is 568 g/mol. The minimum atomic E-state index is -5.02. The van der Waals surface area contributed by atoms with Crippen LogP contribution in [0.1, 0.15) is 51.4 Å². The van der Waals surface area contributed by atoms with Gasteiger partial charge in [0.25, 0.3) is 0 Å². The number of aryl methyl sites for hydroxylation is 1. The van der Waals surface area contributed by atoms with E-state index in [-0.39, 0.29) is 5.69 Å². The van der Waals surface area contributed by atoms with Gasteiger partial charge in [0.05, 0.1) is 21.8 Å². The summed E-state index contributed by atoms with van der Waals surface area (Å²) in [6.45, 7) is 5.77. The van der Waals surface area contributed by atoms with Gasteiger partial charge in [-0.2, -0.15) is 18.4 Å². The molecule has 1 saturated carbocycles. The number of rotatable bonds is 5. The number of carbonyl (C=O) groups is 2. The fraction of sp³-hybridized carbons (Fsp3) is 0.520. The molecule has 1 saturated heterocycles. The van der Waals surface area contributed by atoms with Crippen LogP contribution in [0.3, 0.4) is 0 Å². The highest BCUT2D eigenvalue weighted by Gasteiger charge is 2.52. The van der Waals surface area contributed by atoms with Gasteiger partial charge in [0.1, 0.15) is 23.0 Å². The third kappa shape index (κ3) is 5.73. The monoisotopic (exact) mass is 567 g/mol. The zero-order valence-corrected chi connectivity index (χ0v) is 22.6. The summed E-state index contributed by atoms with van der Waals surface area (Å²) in [5.41, 5.74) is -3.38. The Morgan fingerprint density at radius 2 is 1.90 bits per heavy atom. The van der Waals surface area contributed by atoms with Gasteiger partial charge in [-0.3, -0.25) is 9.69 Å². The first-order chi connectivity index (χ1) is 18.0. The van der Waals surface area contributed by atoms with Crippen molar-refractivity contribution >= 4 is 21.8 Å². The minimum Gasteiger partial charge on any atom is -0.444 e. The number of amides is 2. The zero-order valence-electron chi connectivity index (χ0n) is 21.7. The minimum absolute atomic E-state index is 0.0709. The lowest BCUT2D eigenvalue weighted by molar-refractivity contribution is -0.139. The molecular formula is C25H28F3N5O5S. The molecule has 1 aliphatic heterocycles. The van der Waals surface area contributed by atoms with Crippen molar-refractivity contribution in [2.45, 2.75) is 80.5 Å². The van der Waals surface area contributed by atoms with E-state index in [0.717, 1.165) is 17.0 Å². The smallest absolute Gasteiger partial charge is 0.417 e. The van der Waals surface area contributed by atoms with E-state index < -0.39 is 73.9 Å². The van der Waals surface area contributed by atoms with Gasteiger partial charge in [-0.05, 0) is 65.2 Å². The summed E-state index contributed by atoms with van der Waals surface area (Å²) >= 11 is 0. The number of carbonyl (C=O) groups excluding carboxylic acids is 2. The Kier molecular flexibility index (Phi) is 6.95. The number of aromatic nitrogens is 2. The SMILES string of the molecule is Cc1nccn1-c1ccc(S(=O)(=O)[C@@H]2C[C@@H](C(=O)NC3(C#N)CC3)N(C(=O)OC(C)(C)C)C2)c(C(F)(F)F)c1. The van der Waals surface area contributed by atoms with Gasteiger partial charge in [0.2, 0.25) is 5.91 Å². The summed E-state index contributed by atoms with van der Waals surface area (Å²) in [4.78, 5) is 30.0. The van der Waals surface area contributed by atoms with Gasteiger partial charge in [-0.25, -0.2) is 18.2 Å². The summed E-state index contributed by atoms with van der Waals surface area (Å²) in [5.74, 6) is -0.359. The van der Waals surface area contributed by atoms with Crippen molar-refractivity contribution in [3.05, 3.63) is 42.0 Å². The lowest BCUT2D eigenvalue weighted by Gasteiger charge is -2.28. The second kappa shape index (κ2) is 9.55. The van der Waals surface area contributed by atoms with Crippen molar-refractivity contribution in [2.75, 3.05) is 6.54 Å². The second-order valence-electron chi connectivity index (χ2n) is 10.8. The number of benzene rings is 1. The third-order valence-electron chi connectivity index (χ3n) is 6.64. The van der Waals surface area contributed by atoms with Crippen LogP contribution in [-0.4, -0.2) is 63.8 Å². The number of nitriles is 1. The molecule has 2 fully saturated rings. The van der Waals surface area contributed by atoms with Crippen molar-refractivity contribution in [2.24, 2.45) is 0 Å². The predicted octanol–water partition coefficient (Wildman–Crippen LogP) is 3.52. The van der Waals surface area contributed by atoms with Gasteiger partial charge in [0.15, 0.2) is 9.84 Å². The zero-order chi connectivity index (χ0) is 29.0. The van der Waals surface area contributed by atoms with E-state index in [4.69, 9.17) is 4.74 Å². The molecular weight excluding hydrogens is 539 g/mol. The first-order valence-corrected chi connectivity index (χ1v) is 13.7. The van der Waals surface area contributed by atoms with Crippen LogP contribution in [-0.2, 0) is 25.5 Å². The highest BCUT2D eigenvalue weighted by atomic mass is 32.2. The van der Waals surface area contributed by atoms with Crippen molar-refractivity contribution in [1.29, 1.82) is 5.26 Å². The Labute approximate surface area is 223 Å². The Morgan fingerprint density at radius 1 is 1.23 bits per heavy atom. The lowest BCUT2D eigenvalue weighted by Crippen LogP contribution is -2.50. The molecule has 39 heavy (non-hydrogen) atoms. The molecule has 10 nitrogen and oxygen atoms in total. The quantitative estimate of drug-likeness (QED) is 0.584. The molecule has 2 aliphatic rings. The van der Waals surface area contributed by atoms with E-state index in [1.54, 1.807) is 27.7 Å². The molecule has 1 aromatic heterocycles. The van der Waals surface area contributed by atoms with Gasteiger partial charge in [-0.1, -0.05) is 0 Å². The number of hydrogen-bond donors (Lipinski definition) is 1. The molecule has 1 aliphatic carbocycles. The van der Waals surface area contributed by atoms with Crippen LogP contribution >= 0.6 is 0 Å². The van der Waals surface area contributed by atoms with Gasteiger partial charge in [-0.15, -0.1) is 0 Å². The number of ether oxygens (including phenoxy) is 1. The van der Waals surface area contributed by atoms with E-state index >= 15 is 0 Å². The van der Waals surface area contributed by atoms with E-state index in [2.05, 4.69) is 10.3 Å². The number of halogens is 3. The Hall–Kier alpha value is -3.60. The van der Waals surface area contributed by atoms with Crippen LogP contribution < -0.4 is 5.32 Å². The number of alkyl halides is 3. The summed E-state index contributed by atoms with van der Waals surface area (Å²) < 4.78 is 76.5. The average Bonchev–Trinajstić information content (AvgIpc) is 3.23. The Morgan fingerprint density at radius 3 is 2.41 bits per heavy atom. The molecule has 0 bridgehead atoms. The number of imidazole rings is 1. The molecule has 14 heteroatoms. The number of likely N-dealkylation sites (tertiary alicyclic amines) is 1. The molecule has 2 aromatic rings. The maximum Gasteiger partial charge on any atom is 0.417 e. The number of nitrogens with one attached hydrogen (secondary N) is 1. The third-order valence-corrected chi connectivity index (χ3v) is 8.83. The summed E-state index contributed by atoms with van der Waals surface area (Å²) in [6.07, 6.45) is -2.82. The molecule has 0 spiro atoms. The molecule has 4 rings (SSSR count). The highest BCUT2D eigenvalue weighted by Crippen LogP contribution is 2.40. The van der Waals surface area contributed by atoms with E-state index in [1.165, 1.54) is 23.0 Å². The molecule has 2 heterocycles. The summed E-state index contributed by atoms with van der Waals surface area (Å²) in [6, 6.07) is 3.49. The second-order valence-corrected chi connectivity index (χ2v) is 13.0. The molecule has 1 aromatic carbocycles. The number of hydrogen-bond acceptors (Lipinski definition) is 7. The molecule has 2 amide bonds. The van der Waals surface area contributed by atoms with Crippen LogP contribution in [0.4, 0.5) is 18.0 Å². The lowest BCUT2D eigenvalue weighted by atomic mass is 10.1. The van der Waals surface area contributed by atoms with Crippen LogP contribution in [0.25, 0.3) is 5.69 Å². The van der Waals surface area contributed by atoms with Crippen molar-refractivity contribution in [3.63, 3.8) is 0 Å². The molecule has 1 N–H and O–H groups in total. The van der Waals surface area contributed by atoms with Crippen molar-refractivity contribution in [3.8, 4) is 11.8 Å². The Bertz CT molecular complexity index is 1450. The predicted molar refractivity (Wildman–Crippen MR) is 131 cm³/mol. The van der Waals surface area contributed by atoms with Gasteiger partial charge >= 0.3 is 12.3 Å². The molecule has 210 valence electrons. The highest BCUT2D eigenvalue weighted by molar-refractivity contribution is 7.92. The maximum atomic E-state index is 14.1. The molecule has 0 radical (unpaired) electrons. The molecule has 2 atom stereocenters. The van der Waals surface area contributed by atoms with E-state index in [0.29, 0.717) is 18.7 Å². The van der Waals surface area contributed by atoms with Crippen LogP contribution in [0.5, 0.6) is 0 Å². The fourth-order valence-corrected chi connectivity index (χ4v) is 6.36. The van der Waals surface area contributed by atoms with E-state index in [1.807, 2.05) is 6.07 Å². The van der Waals surface area contributed by atoms with Crippen LogP contribution in [0, 0.1) is 18.3 Å². The van der Waals surface area contributed by atoms with Crippen LogP contribution in [0.15, 0.2) is 35.5 Å². The summed E-state index contributed by atoms with van der Waals surface area (Å²) in [5, 5.41) is 10.4. The van der Waals surface area contributed by atoms with Crippen LogP contribution in [0.2, 0.25) is 0 Å². The first-order valence-electron chi connectivity index (χ1n) is 12.2. The number of nitrogens with zero attached hydrogens (tertiary/aromatic N) is 4. The van der Waals surface area contributed by atoms with Gasteiger partial charge in [0, 0.05) is 24.6 Å². The largest absolute Gasteiger partial charge is 0.444 e. The number of sulfone groups is 1. The van der Waals surface area contributed by atoms with Crippen molar-refractivity contribution in [1.82, 2.24) is 19.8 Å². The normalized spacial score (nSPS) is 20.8. The van der Waals surface area contributed by atoms with E-state index in [9.17, 15) is 36.4 Å². The fourth-order valence-electron chi connectivity index (χ4n) is 4.47. The topological polar surface area (TPSA) is 134 Å².